The number of hydrogen-bond donors (Lipinski definition) is 3. The van der Waals surface area contributed by atoms with Gasteiger partial charge in [0.25, 0.3) is 0 Å². The van der Waals surface area contributed by atoms with Gasteiger partial charge in [-0.2, -0.15) is 0 Å². The molecule has 0 radical (unpaired) electrons. The van der Waals surface area contributed by atoms with Crippen LogP contribution >= 0.6 is 0 Å². The third-order valence-corrected chi connectivity index (χ3v) is 1.38. The Labute approximate surface area is 74.7 Å². The second-order valence-corrected chi connectivity index (χ2v) is 2.32. The minimum absolute atomic E-state index is 0.0285. The molecule has 6 heteroatoms. The SMILES string of the molecule is CCOC(=O)C(C(=O)O)C(O)CO. The Morgan fingerprint density at radius 3 is 2.31 bits per heavy atom. The summed E-state index contributed by atoms with van der Waals surface area (Å²) in [6, 6.07) is 0. The lowest BCUT2D eigenvalue weighted by molar-refractivity contribution is -0.164. The molecule has 0 saturated heterocycles. The molecule has 0 aliphatic carbocycles. The van der Waals surface area contributed by atoms with Gasteiger partial charge in [0.05, 0.1) is 13.2 Å². The molecule has 3 N–H and O–H groups in total. The van der Waals surface area contributed by atoms with Crippen LogP contribution < -0.4 is 0 Å². The topological polar surface area (TPSA) is 104 Å². The van der Waals surface area contributed by atoms with Gasteiger partial charge in [-0.25, -0.2) is 0 Å². The summed E-state index contributed by atoms with van der Waals surface area (Å²) in [5, 5.41) is 25.9. The number of carboxylic acid groups (broad SMARTS) is 1. The van der Waals surface area contributed by atoms with E-state index in [1.807, 2.05) is 0 Å². The Hall–Kier alpha value is -1.14. The maximum Gasteiger partial charge on any atom is 0.323 e. The van der Waals surface area contributed by atoms with Crippen molar-refractivity contribution in [1.29, 1.82) is 0 Å². The Balaban J connectivity index is 4.41. The molecule has 0 bridgehead atoms. The fourth-order valence-electron chi connectivity index (χ4n) is 0.760. The van der Waals surface area contributed by atoms with Gasteiger partial charge in [-0.1, -0.05) is 0 Å². The van der Waals surface area contributed by atoms with E-state index in [2.05, 4.69) is 4.74 Å². The standard InChI is InChI=1S/C7H12O6/c1-2-13-7(12)5(6(10)11)4(9)3-8/h4-5,8-9H,2-3H2,1H3,(H,10,11). The van der Waals surface area contributed by atoms with Gasteiger partial charge in [0.1, 0.15) is 6.10 Å². The average Bonchev–Trinajstić information content (AvgIpc) is 2.04. The Kier molecular flexibility index (Phi) is 5.01. The maximum atomic E-state index is 10.9. The van der Waals surface area contributed by atoms with Crippen LogP contribution in [-0.4, -0.2) is 46.6 Å². The second-order valence-electron chi connectivity index (χ2n) is 2.32. The molecule has 0 heterocycles. The van der Waals surface area contributed by atoms with Crippen LogP contribution in [0.1, 0.15) is 6.92 Å². The quantitative estimate of drug-likeness (QED) is 0.365. The zero-order valence-corrected chi connectivity index (χ0v) is 7.14. The Morgan fingerprint density at radius 2 is 2.00 bits per heavy atom. The smallest absolute Gasteiger partial charge is 0.323 e. The number of aliphatic hydroxyl groups excluding tert-OH is 2. The Morgan fingerprint density at radius 1 is 1.46 bits per heavy atom. The zero-order valence-electron chi connectivity index (χ0n) is 7.14. The molecule has 2 atom stereocenters. The van der Waals surface area contributed by atoms with Gasteiger partial charge in [0, 0.05) is 0 Å². The van der Waals surface area contributed by atoms with Crippen molar-refractivity contribution in [2.24, 2.45) is 5.92 Å². The highest BCUT2D eigenvalue weighted by atomic mass is 16.5. The van der Waals surface area contributed by atoms with Crippen molar-refractivity contribution in [1.82, 2.24) is 0 Å². The molecule has 0 aromatic rings. The van der Waals surface area contributed by atoms with Crippen molar-refractivity contribution in [3.8, 4) is 0 Å². The number of carbonyl (C=O) groups is 2. The molecule has 2 unspecified atom stereocenters. The summed E-state index contributed by atoms with van der Waals surface area (Å²) in [5.41, 5.74) is 0. The lowest BCUT2D eigenvalue weighted by Gasteiger charge is -2.14. The summed E-state index contributed by atoms with van der Waals surface area (Å²) < 4.78 is 4.40. The normalized spacial score (nSPS) is 14.7. The summed E-state index contributed by atoms with van der Waals surface area (Å²) >= 11 is 0. The highest BCUT2D eigenvalue weighted by Gasteiger charge is 2.34. The van der Waals surface area contributed by atoms with E-state index in [1.54, 1.807) is 0 Å². The van der Waals surface area contributed by atoms with Gasteiger partial charge >= 0.3 is 11.9 Å². The molecule has 0 fully saturated rings. The summed E-state index contributed by atoms with van der Waals surface area (Å²) in [6.45, 7) is 0.749. The maximum absolute atomic E-state index is 10.9. The molecule has 0 aliphatic heterocycles. The van der Waals surface area contributed by atoms with Crippen LogP contribution in [0, 0.1) is 5.92 Å². The second kappa shape index (κ2) is 5.50. The van der Waals surface area contributed by atoms with Gasteiger partial charge in [0.2, 0.25) is 0 Å². The summed E-state index contributed by atoms with van der Waals surface area (Å²) in [6.07, 6.45) is -1.63. The van der Waals surface area contributed by atoms with Crippen LogP contribution in [0.25, 0.3) is 0 Å². The third kappa shape index (κ3) is 3.39. The van der Waals surface area contributed by atoms with Gasteiger partial charge < -0.3 is 20.1 Å². The minimum Gasteiger partial charge on any atom is -0.481 e. The minimum atomic E-state index is -1.72. The third-order valence-electron chi connectivity index (χ3n) is 1.38. The zero-order chi connectivity index (χ0) is 10.4. The highest BCUT2D eigenvalue weighted by molar-refractivity contribution is 5.94. The van der Waals surface area contributed by atoms with Crippen molar-refractivity contribution in [3.05, 3.63) is 0 Å². The molecule has 13 heavy (non-hydrogen) atoms. The van der Waals surface area contributed by atoms with E-state index in [9.17, 15) is 9.59 Å². The van der Waals surface area contributed by atoms with Crippen molar-refractivity contribution >= 4 is 11.9 Å². The lowest BCUT2D eigenvalue weighted by Crippen LogP contribution is -2.38. The lowest BCUT2D eigenvalue weighted by atomic mass is 10.0. The number of carboxylic acids is 1. The van der Waals surface area contributed by atoms with Crippen LogP contribution in [0.15, 0.2) is 0 Å². The van der Waals surface area contributed by atoms with Crippen LogP contribution in [0.5, 0.6) is 0 Å². The van der Waals surface area contributed by atoms with E-state index >= 15 is 0 Å². The molecule has 0 saturated carbocycles. The predicted octanol–water partition coefficient (Wildman–Crippen LogP) is -1.40. The molecular formula is C7H12O6. The number of aliphatic hydroxyl groups is 2. The molecule has 0 rings (SSSR count). The number of esters is 1. The highest BCUT2D eigenvalue weighted by Crippen LogP contribution is 2.06. The van der Waals surface area contributed by atoms with E-state index in [0.717, 1.165) is 0 Å². The molecule has 76 valence electrons. The van der Waals surface area contributed by atoms with Crippen molar-refractivity contribution in [3.63, 3.8) is 0 Å². The molecule has 0 amide bonds. The summed E-state index contributed by atoms with van der Waals surface area (Å²) in [5.74, 6) is -4.28. The number of ether oxygens (including phenoxy) is 1. The van der Waals surface area contributed by atoms with Crippen LogP contribution in [0.4, 0.5) is 0 Å². The van der Waals surface area contributed by atoms with Gasteiger partial charge in [0.15, 0.2) is 5.92 Å². The summed E-state index contributed by atoms with van der Waals surface area (Å²) in [7, 11) is 0. The average molecular weight is 192 g/mol. The molecule has 6 nitrogen and oxygen atoms in total. The number of hydrogen-bond acceptors (Lipinski definition) is 5. The first-order valence-electron chi connectivity index (χ1n) is 3.73. The van der Waals surface area contributed by atoms with Gasteiger partial charge in [-0.15, -0.1) is 0 Å². The molecule has 0 aromatic heterocycles. The van der Waals surface area contributed by atoms with Crippen molar-refractivity contribution in [2.45, 2.75) is 13.0 Å². The van der Waals surface area contributed by atoms with E-state index in [-0.39, 0.29) is 6.61 Å². The summed E-state index contributed by atoms with van der Waals surface area (Å²) in [4.78, 5) is 21.4. The molecule has 0 aliphatic rings. The molecular weight excluding hydrogens is 180 g/mol. The fraction of sp³-hybridized carbons (Fsp3) is 0.714. The van der Waals surface area contributed by atoms with E-state index in [4.69, 9.17) is 15.3 Å². The number of rotatable bonds is 5. The van der Waals surface area contributed by atoms with E-state index in [1.165, 1.54) is 6.92 Å². The van der Waals surface area contributed by atoms with Crippen LogP contribution in [0.2, 0.25) is 0 Å². The first kappa shape index (κ1) is 11.9. The van der Waals surface area contributed by atoms with Gasteiger partial charge in [-0.3, -0.25) is 9.59 Å². The molecule has 0 spiro atoms. The Bertz CT molecular complexity index is 189. The fourth-order valence-corrected chi connectivity index (χ4v) is 0.760. The van der Waals surface area contributed by atoms with Crippen LogP contribution in [0.3, 0.4) is 0 Å². The van der Waals surface area contributed by atoms with E-state index in [0.29, 0.717) is 0 Å². The van der Waals surface area contributed by atoms with E-state index < -0.39 is 30.6 Å². The number of carbonyl (C=O) groups excluding carboxylic acids is 1. The largest absolute Gasteiger partial charge is 0.481 e. The number of aliphatic carboxylic acids is 1. The van der Waals surface area contributed by atoms with Crippen molar-refractivity contribution in [2.75, 3.05) is 13.2 Å². The molecule has 0 aromatic carbocycles. The first-order valence-corrected chi connectivity index (χ1v) is 3.73. The monoisotopic (exact) mass is 192 g/mol. The first-order chi connectivity index (χ1) is 6.04. The van der Waals surface area contributed by atoms with Crippen LogP contribution in [-0.2, 0) is 14.3 Å². The van der Waals surface area contributed by atoms with Crippen molar-refractivity contribution < 1.29 is 29.6 Å². The van der Waals surface area contributed by atoms with Gasteiger partial charge in [-0.05, 0) is 6.92 Å². The predicted molar refractivity (Wildman–Crippen MR) is 40.9 cm³/mol.